The van der Waals surface area contributed by atoms with Crippen molar-refractivity contribution >= 4 is 10.0 Å². The Morgan fingerprint density at radius 1 is 1.29 bits per heavy atom. The summed E-state index contributed by atoms with van der Waals surface area (Å²) in [7, 11) is -2.00. The van der Waals surface area contributed by atoms with Crippen molar-refractivity contribution in [2.45, 2.75) is 31.8 Å². The van der Waals surface area contributed by atoms with Crippen molar-refractivity contribution < 1.29 is 13.2 Å². The van der Waals surface area contributed by atoms with Gasteiger partial charge in [-0.25, -0.2) is 13.1 Å². The lowest BCUT2D eigenvalue weighted by Crippen LogP contribution is -2.23. The van der Waals surface area contributed by atoms with E-state index in [0.29, 0.717) is 5.75 Å². The number of aromatic nitrogens is 2. The molecule has 0 saturated heterocycles. The normalized spacial score (nSPS) is 11.6. The molecule has 0 aliphatic carbocycles. The van der Waals surface area contributed by atoms with Crippen molar-refractivity contribution in [3.63, 3.8) is 0 Å². The first-order chi connectivity index (χ1) is 9.96. The minimum atomic E-state index is -3.54. The van der Waals surface area contributed by atoms with Crippen LogP contribution in [0.3, 0.4) is 0 Å². The number of hydrogen-bond donors (Lipinski definition) is 1. The van der Waals surface area contributed by atoms with E-state index in [9.17, 15) is 8.42 Å². The van der Waals surface area contributed by atoms with Gasteiger partial charge in [-0.3, -0.25) is 4.68 Å². The summed E-state index contributed by atoms with van der Waals surface area (Å²) < 4.78 is 33.8. The van der Waals surface area contributed by atoms with Crippen LogP contribution in [0.15, 0.2) is 35.4 Å². The van der Waals surface area contributed by atoms with E-state index in [0.717, 1.165) is 17.8 Å². The lowest BCUT2D eigenvalue weighted by molar-refractivity contribution is 0.414. The van der Waals surface area contributed by atoms with Gasteiger partial charge in [0.2, 0.25) is 10.0 Å². The molecule has 0 unspecified atom stereocenters. The Hall–Kier alpha value is -1.86. The molecule has 2 rings (SSSR count). The van der Waals surface area contributed by atoms with Crippen molar-refractivity contribution in [1.82, 2.24) is 14.5 Å². The van der Waals surface area contributed by atoms with Crippen LogP contribution in [0.2, 0.25) is 0 Å². The highest BCUT2D eigenvalue weighted by molar-refractivity contribution is 7.89. The Balaban J connectivity index is 2.11. The van der Waals surface area contributed by atoms with Crippen LogP contribution in [0.4, 0.5) is 0 Å². The number of hydrogen-bond acceptors (Lipinski definition) is 4. The number of aryl methyl sites for hydroxylation is 2. The van der Waals surface area contributed by atoms with E-state index in [1.165, 1.54) is 19.2 Å². The van der Waals surface area contributed by atoms with E-state index in [2.05, 4.69) is 9.82 Å². The maximum Gasteiger partial charge on any atom is 0.240 e. The van der Waals surface area contributed by atoms with Gasteiger partial charge in [0, 0.05) is 24.8 Å². The van der Waals surface area contributed by atoms with Gasteiger partial charge in [-0.15, -0.1) is 0 Å². The molecule has 1 heterocycles. The average Bonchev–Trinajstić information content (AvgIpc) is 2.86. The number of nitrogens with zero attached hydrogens (tertiary/aromatic N) is 2. The zero-order valence-corrected chi connectivity index (χ0v) is 13.1. The molecule has 0 spiro atoms. The van der Waals surface area contributed by atoms with Gasteiger partial charge < -0.3 is 4.74 Å². The van der Waals surface area contributed by atoms with E-state index in [-0.39, 0.29) is 11.4 Å². The smallest absolute Gasteiger partial charge is 0.240 e. The third kappa shape index (κ3) is 3.62. The predicted octanol–water partition coefficient (Wildman–Crippen LogP) is 1.70. The molecule has 1 N–H and O–H groups in total. The topological polar surface area (TPSA) is 73.2 Å². The van der Waals surface area contributed by atoms with E-state index in [4.69, 9.17) is 4.74 Å². The SMILES string of the molecule is CCn1cc(CNS(=O)(=O)c2ccc(OC)cc2)c(C)n1. The van der Waals surface area contributed by atoms with Crippen LogP contribution in [-0.4, -0.2) is 25.3 Å². The van der Waals surface area contributed by atoms with Crippen LogP contribution in [-0.2, 0) is 23.1 Å². The second-order valence-electron chi connectivity index (χ2n) is 4.60. The first-order valence-corrected chi connectivity index (χ1v) is 8.11. The minimum Gasteiger partial charge on any atom is -0.497 e. The molecule has 0 aliphatic rings. The molecule has 0 bridgehead atoms. The van der Waals surface area contributed by atoms with Gasteiger partial charge in [-0.2, -0.15) is 5.10 Å². The third-order valence-corrected chi connectivity index (χ3v) is 4.61. The lowest BCUT2D eigenvalue weighted by atomic mass is 10.3. The molecule has 0 saturated carbocycles. The largest absolute Gasteiger partial charge is 0.497 e. The maximum absolute atomic E-state index is 12.2. The molecule has 114 valence electrons. The Kier molecular flexibility index (Phi) is 4.64. The Morgan fingerprint density at radius 2 is 1.95 bits per heavy atom. The van der Waals surface area contributed by atoms with Gasteiger partial charge in [0.05, 0.1) is 17.7 Å². The molecule has 0 fully saturated rings. The van der Waals surface area contributed by atoms with Gasteiger partial charge in [0.15, 0.2) is 0 Å². The Morgan fingerprint density at radius 3 is 2.48 bits per heavy atom. The average molecular weight is 309 g/mol. The van der Waals surface area contributed by atoms with Crippen LogP contribution in [0.5, 0.6) is 5.75 Å². The second kappa shape index (κ2) is 6.28. The zero-order valence-electron chi connectivity index (χ0n) is 12.3. The summed E-state index contributed by atoms with van der Waals surface area (Å²) in [5.74, 6) is 0.619. The van der Waals surface area contributed by atoms with E-state index in [1.54, 1.807) is 16.8 Å². The van der Waals surface area contributed by atoms with Crippen LogP contribution in [0, 0.1) is 6.92 Å². The second-order valence-corrected chi connectivity index (χ2v) is 6.36. The summed E-state index contributed by atoms with van der Waals surface area (Å²) in [6.45, 7) is 4.83. The Labute approximate surface area is 124 Å². The molecule has 1 aromatic carbocycles. The van der Waals surface area contributed by atoms with Crippen LogP contribution >= 0.6 is 0 Å². The third-order valence-electron chi connectivity index (χ3n) is 3.19. The van der Waals surface area contributed by atoms with Crippen LogP contribution < -0.4 is 9.46 Å². The molecular weight excluding hydrogens is 290 g/mol. The van der Waals surface area contributed by atoms with Crippen molar-refractivity contribution in [2.75, 3.05) is 7.11 Å². The first-order valence-electron chi connectivity index (χ1n) is 6.63. The minimum absolute atomic E-state index is 0.212. The van der Waals surface area contributed by atoms with Gasteiger partial charge in [0.1, 0.15) is 5.75 Å². The van der Waals surface area contributed by atoms with Crippen molar-refractivity contribution in [2.24, 2.45) is 0 Å². The fourth-order valence-corrected chi connectivity index (χ4v) is 2.91. The molecule has 21 heavy (non-hydrogen) atoms. The molecule has 0 aliphatic heterocycles. The van der Waals surface area contributed by atoms with E-state index >= 15 is 0 Å². The summed E-state index contributed by atoms with van der Waals surface area (Å²) in [6.07, 6.45) is 1.85. The molecule has 2 aromatic rings. The van der Waals surface area contributed by atoms with Crippen molar-refractivity contribution in [3.05, 3.63) is 41.7 Å². The summed E-state index contributed by atoms with van der Waals surface area (Å²) >= 11 is 0. The summed E-state index contributed by atoms with van der Waals surface area (Å²) in [4.78, 5) is 0.212. The van der Waals surface area contributed by atoms with Crippen LogP contribution in [0.25, 0.3) is 0 Å². The first kappa shape index (κ1) is 15.5. The van der Waals surface area contributed by atoms with E-state index < -0.39 is 10.0 Å². The molecule has 0 atom stereocenters. The number of benzene rings is 1. The lowest BCUT2D eigenvalue weighted by Gasteiger charge is -2.07. The number of ether oxygens (including phenoxy) is 1. The standard InChI is InChI=1S/C14H19N3O3S/c1-4-17-10-12(11(2)16-17)9-15-21(18,19)14-7-5-13(20-3)6-8-14/h5-8,10,15H,4,9H2,1-3H3. The fraction of sp³-hybridized carbons (Fsp3) is 0.357. The molecule has 6 nitrogen and oxygen atoms in total. The molecular formula is C14H19N3O3S. The molecule has 0 radical (unpaired) electrons. The van der Waals surface area contributed by atoms with Gasteiger partial charge in [-0.05, 0) is 38.1 Å². The monoisotopic (exact) mass is 309 g/mol. The number of sulfonamides is 1. The number of nitrogens with one attached hydrogen (secondary N) is 1. The Bertz CT molecular complexity index is 706. The molecule has 7 heteroatoms. The van der Waals surface area contributed by atoms with Crippen LogP contribution in [0.1, 0.15) is 18.2 Å². The summed E-state index contributed by atoms with van der Waals surface area (Å²) in [5.41, 5.74) is 1.70. The quantitative estimate of drug-likeness (QED) is 0.881. The van der Waals surface area contributed by atoms with Gasteiger partial charge in [0.25, 0.3) is 0 Å². The number of rotatable bonds is 6. The van der Waals surface area contributed by atoms with Gasteiger partial charge in [-0.1, -0.05) is 0 Å². The fourth-order valence-electron chi connectivity index (χ4n) is 1.91. The zero-order chi connectivity index (χ0) is 15.5. The van der Waals surface area contributed by atoms with Crippen molar-refractivity contribution in [3.8, 4) is 5.75 Å². The predicted molar refractivity (Wildman–Crippen MR) is 79.7 cm³/mol. The van der Waals surface area contributed by atoms with E-state index in [1.807, 2.05) is 20.0 Å². The highest BCUT2D eigenvalue weighted by Crippen LogP contribution is 2.16. The maximum atomic E-state index is 12.2. The molecule has 0 amide bonds. The van der Waals surface area contributed by atoms with Gasteiger partial charge >= 0.3 is 0 Å². The highest BCUT2D eigenvalue weighted by Gasteiger charge is 2.15. The molecule has 1 aromatic heterocycles. The number of methoxy groups -OCH3 is 1. The summed E-state index contributed by atoms with van der Waals surface area (Å²) in [5, 5.41) is 4.29. The van der Waals surface area contributed by atoms with Crippen molar-refractivity contribution in [1.29, 1.82) is 0 Å². The summed E-state index contributed by atoms with van der Waals surface area (Å²) in [6, 6.07) is 6.27. The highest BCUT2D eigenvalue weighted by atomic mass is 32.2.